The highest BCUT2D eigenvalue weighted by molar-refractivity contribution is 5.76. The van der Waals surface area contributed by atoms with Crippen LogP contribution in [-0.4, -0.2) is 47.0 Å². The summed E-state index contributed by atoms with van der Waals surface area (Å²) < 4.78 is 5.28. The minimum Gasteiger partial charge on any atom is -0.360 e. The molecule has 2 fully saturated rings. The van der Waals surface area contributed by atoms with Crippen LogP contribution in [0.2, 0.25) is 0 Å². The van der Waals surface area contributed by atoms with Crippen molar-refractivity contribution in [3.8, 4) is 0 Å². The van der Waals surface area contributed by atoms with Crippen LogP contribution in [0.15, 0.2) is 10.6 Å². The molecule has 1 aliphatic carbocycles. The molecule has 23 heavy (non-hydrogen) atoms. The lowest BCUT2D eigenvalue weighted by molar-refractivity contribution is -0.134. The Balaban J connectivity index is 1.42. The van der Waals surface area contributed by atoms with Gasteiger partial charge in [-0.15, -0.1) is 0 Å². The van der Waals surface area contributed by atoms with E-state index in [1.165, 1.54) is 25.7 Å². The van der Waals surface area contributed by atoms with E-state index in [9.17, 15) is 4.79 Å². The first-order valence-electron chi connectivity index (χ1n) is 9.02. The molecular weight excluding hydrogens is 290 g/mol. The largest absolute Gasteiger partial charge is 0.360 e. The van der Waals surface area contributed by atoms with Gasteiger partial charge in [0.05, 0.1) is 12.2 Å². The zero-order valence-electron chi connectivity index (χ0n) is 14.5. The van der Waals surface area contributed by atoms with E-state index in [-0.39, 0.29) is 0 Å². The second-order valence-corrected chi connectivity index (χ2v) is 7.43. The molecule has 2 aliphatic rings. The number of carbonyl (C=O) groups excluding carboxylic acids is 1. The predicted octanol–water partition coefficient (Wildman–Crippen LogP) is 2.84. The third kappa shape index (κ3) is 4.56. The molecule has 1 saturated heterocycles. The molecule has 1 aromatic rings. The highest BCUT2D eigenvalue weighted by Gasteiger charge is 2.26. The first-order valence-corrected chi connectivity index (χ1v) is 9.02. The van der Waals surface area contributed by atoms with E-state index in [4.69, 9.17) is 4.52 Å². The number of hydrogen-bond acceptors (Lipinski definition) is 4. The van der Waals surface area contributed by atoms with Gasteiger partial charge in [0.2, 0.25) is 5.91 Å². The van der Waals surface area contributed by atoms with Gasteiger partial charge in [0.1, 0.15) is 0 Å². The molecule has 3 rings (SSSR count). The van der Waals surface area contributed by atoms with E-state index in [2.05, 4.69) is 21.9 Å². The van der Waals surface area contributed by atoms with Crippen molar-refractivity contribution in [2.24, 2.45) is 11.8 Å². The van der Waals surface area contributed by atoms with Crippen LogP contribution in [0.5, 0.6) is 0 Å². The summed E-state index contributed by atoms with van der Waals surface area (Å²) in [6.45, 7) is 8.58. The minimum atomic E-state index is 0.360. The van der Waals surface area contributed by atoms with Gasteiger partial charge in [-0.05, 0) is 31.6 Å². The van der Waals surface area contributed by atoms with Crippen molar-refractivity contribution in [1.29, 1.82) is 0 Å². The molecule has 2 heterocycles. The fraction of sp³-hybridized carbons (Fsp3) is 0.778. The van der Waals surface area contributed by atoms with Gasteiger partial charge in [-0.25, -0.2) is 0 Å². The SMILES string of the molecule is Cc1cc(CN2CCN(C(=O)CC3CCCC(C)C3)CC2)on1. The van der Waals surface area contributed by atoms with E-state index < -0.39 is 0 Å². The van der Waals surface area contributed by atoms with E-state index in [0.717, 1.165) is 56.5 Å². The standard InChI is InChI=1S/C18H29N3O2/c1-14-4-3-5-16(10-14)12-18(22)21-8-6-20(7-9-21)13-17-11-15(2)19-23-17/h11,14,16H,3-10,12-13H2,1-2H3. The Morgan fingerprint density at radius 1 is 1.30 bits per heavy atom. The Bertz CT molecular complexity index is 520. The van der Waals surface area contributed by atoms with Gasteiger partial charge in [-0.2, -0.15) is 0 Å². The molecular formula is C18H29N3O2. The minimum absolute atomic E-state index is 0.360. The first kappa shape index (κ1) is 16.5. The maximum absolute atomic E-state index is 12.5. The lowest BCUT2D eigenvalue weighted by Crippen LogP contribution is -2.48. The molecule has 1 amide bonds. The maximum Gasteiger partial charge on any atom is 0.222 e. The van der Waals surface area contributed by atoms with E-state index in [1.807, 2.05) is 13.0 Å². The zero-order chi connectivity index (χ0) is 16.2. The smallest absolute Gasteiger partial charge is 0.222 e. The molecule has 1 saturated carbocycles. The summed E-state index contributed by atoms with van der Waals surface area (Å²) in [7, 11) is 0. The van der Waals surface area contributed by atoms with E-state index in [0.29, 0.717) is 11.8 Å². The molecule has 2 unspecified atom stereocenters. The van der Waals surface area contributed by atoms with E-state index in [1.54, 1.807) is 0 Å². The summed E-state index contributed by atoms with van der Waals surface area (Å²) in [5.41, 5.74) is 0.926. The molecule has 5 nitrogen and oxygen atoms in total. The molecule has 1 aliphatic heterocycles. The number of hydrogen-bond donors (Lipinski definition) is 0. The molecule has 0 spiro atoms. The van der Waals surface area contributed by atoms with E-state index >= 15 is 0 Å². The van der Waals surface area contributed by atoms with Gasteiger partial charge in [0.15, 0.2) is 5.76 Å². The van der Waals surface area contributed by atoms with Crippen molar-refractivity contribution in [2.75, 3.05) is 26.2 Å². The second kappa shape index (κ2) is 7.47. The molecule has 1 aromatic heterocycles. The first-order chi connectivity index (χ1) is 11.1. The Kier molecular flexibility index (Phi) is 5.36. The van der Waals surface area contributed by atoms with Crippen LogP contribution < -0.4 is 0 Å². The lowest BCUT2D eigenvalue weighted by atomic mass is 9.80. The number of piperazine rings is 1. The van der Waals surface area contributed by atoms with Gasteiger partial charge in [-0.1, -0.05) is 24.9 Å². The van der Waals surface area contributed by atoms with Crippen LogP contribution in [0.3, 0.4) is 0 Å². The lowest BCUT2D eigenvalue weighted by Gasteiger charge is -2.35. The Morgan fingerprint density at radius 3 is 2.74 bits per heavy atom. The zero-order valence-corrected chi connectivity index (χ0v) is 14.5. The van der Waals surface area contributed by atoms with Crippen molar-refractivity contribution >= 4 is 5.91 Å². The summed E-state index contributed by atoms with van der Waals surface area (Å²) in [4.78, 5) is 16.9. The molecule has 0 aromatic carbocycles. The van der Waals surface area contributed by atoms with Crippen molar-refractivity contribution in [3.63, 3.8) is 0 Å². The fourth-order valence-electron chi connectivity index (χ4n) is 3.99. The van der Waals surface area contributed by atoms with Crippen molar-refractivity contribution in [1.82, 2.24) is 15.0 Å². The third-order valence-electron chi connectivity index (χ3n) is 5.29. The number of nitrogens with zero attached hydrogens (tertiary/aromatic N) is 3. The summed E-state index contributed by atoms with van der Waals surface area (Å²) in [5.74, 6) is 2.68. The van der Waals surface area contributed by atoms with Gasteiger partial charge >= 0.3 is 0 Å². The van der Waals surface area contributed by atoms with Gasteiger partial charge < -0.3 is 9.42 Å². The number of aromatic nitrogens is 1. The van der Waals surface area contributed by atoms with Crippen LogP contribution in [0, 0.1) is 18.8 Å². The number of carbonyl (C=O) groups is 1. The topological polar surface area (TPSA) is 49.6 Å². The average molecular weight is 319 g/mol. The Morgan fingerprint density at radius 2 is 2.09 bits per heavy atom. The molecule has 0 N–H and O–H groups in total. The molecule has 2 atom stereocenters. The van der Waals surface area contributed by atoms with Crippen LogP contribution in [0.1, 0.15) is 50.5 Å². The quantitative estimate of drug-likeness (QED) is 0.856. The highest BCUT2D eigenvalue weighted by atomic mass is 16.5. The van der Waals surface area contributed by atoms with Crippen LogP contribution in [0.25, 0.3) is 0 Å². The number of rotatable bonds is 4. The Hall–Kier alpha value is -1.36. The van der Waals surface area contributed by atoms with Crippen LogP contribution in [0.4, 0.5) is 0 Å². The van der Waals surface area contributed by atoms with Crippen molar-refractivity contribution in [2.45, 2.75) is 52.5 Å². The second-order valence-electron chi connectivity index (χ2n) is 7.43. The summed E-state index contributed by atoms with van der Waals surface area (Å²) >= 11 is 0. The van der Waals surface area contributed by atoms with Crippen molar-refractivity contribution in [3.05, 3.63) is 17.5 Å². The monoisotopic (exact) mass is 319 g/mol. The summed E-state index contributed by atoms with van der Waals surface area (Å²) in [6, 6.07) is 1.99. The number of amides is 1. The van der Waals surface area contributed by atoms with Gasteiger partial charge in [-0.3, -0.25) is 9.69 Å². The van der Waals surface area contributed by atoms with Gasteiger partial charge in [0.25, 0.3) is 0 Å². The third-order valence-corrected chi connectivity index (χ3v) is 5.29. The Labute approximate surface area is 139 Å². The summed E-state index contributed by atoms with van der Waals surface area (Å²) in [6.07, 6.45) is 5.86. The normalized spacial score (nSPS) is 26.4. The predicted molar refractivity (Wildman–Crippen MR) is 88.8 cm³/mol. The van der Waals surface area contributed by atoms with Crippen LogP contribution >= 0.6 is 0 Å². The molecule has 5 heteroatoms. The molecule has 128 valence electrons. The van der Waals surface area contributed by atoms with Crippen molar-refractivity contribution < 1.29 is 9.32 Å². The molecule has 0 radical (unpaired) electrons. The highest BCUT2D eigenvalue weighted by Crippen LogP contribution is 2.31. The fourth-order valence-corrected chi connectivity index (χ4v) is 3.99. The van der Waals surface area contributed by atoms with Crippen LogP contribution in [-0.2, 0) is 11.3 Å². The maximum atomic E-state index is 12.5. The molecule has 0 bridgehead atoms. The summed E-state index contributed by atoms with van der Waals surface area (Å²) in [5, 5.41) is 3.93. The van der Waals surface area contributed by atoms with Gasteiger partial charge in [0, 0.05) is 38.7 Å². The number of aryl methyl sites for hydroxylation is 1. The average Bonchev–Trinajstić information content (AvgIpc) is 2.93.